The molecule has 0 bridgehead atoms. The summed E-state index contributed by atoms with van der Waals surface area (Å²) in [5.74, 6) is 0. The standard InChI is InChI=1S/C12H25N3O/c1-3-14-5-6-15(8-10(14)2)12-9-16-7-4-11(12)13/h10-12H,3-9,13H2,1-2H3. The monoisotopic (exact) mass is 227 g/mol. The Bertz CT molecular complexity index is 224. The van der Waals surface area contributed by atoms with Crippen LogP contribution in [0.2, 0.25) is 0 Å². The number of likely N-dealkylation sites (N-methyl/N-ethyl adjacent to an activating group) is 1. The average Bonchev–Trinajstić information content (AvgIpc) is 2.29. The third-order valence-corrected chi connectivity index (χ3v) is 4.05. The molecule has 2 N–H and O–H groups in total. The van der Waals surface area contributed by atoms with E-state index in [1.165, 1.54) is 6.54 Å². The zero-order valence-corrected chi connectivity index (χ0v) is 10.6. The molecule has 3 unspecified atom stereocenters. The van der Waals surface area contributed by atoms with Gasteiger partial charge in [0.15, 0.2) is 0 Å². The van der Waals surface area contributed by atoms with Gasteiger partial charge >= 0.3 is 0 Å². The smallest absolute Gasteiger partial charge is 0.0636 e. The first-order chi connectivity index (χ1) is 7.72. The highest BCUT2D eigenvalue weighted by Gasteiger charge is 2.32. The molecule has 16 heavy (non-hydrogen) atoms. The van der Waals surface area contributed by atoms with Crippen molar-refractivity contribution in [2.45, 2.75) is 38.4 Å². The molecule has 0 aromatic carbocycles. The first-order valence-corrected chi connectivity index (χ1v) is 6.53. The van der Waals surface area contributed by atoms with Crippen LogP contribution in [0.4, 0.5) is 0 Å². The SMILES string of the molecule is CCN1CCN(C2COCCC2N)CC1C. The van der Waals surface area contributed by atoms with Crippen LogP contribution in [0.15, 0.2) is 0 Å². The third kappa shape index (κ3) is 2.56. The Kier molecular flexibility index (Phi) is 4.19. The normalized spacial score (nSPS) is 38.8. The number of hydrogen-bond donors (Lipinski definition) is 1. The predicted molar refractivity (Wildman–Crippen MR) is 65.5 cm³/mol. The van der Waals surface area contributed by atoms with Gasteiger partial charge in [0.05, 0.1) is 6.61 Å². The lowest BCUT2D eigenvalue weighted by Crippen LogP contribution is -2.61. The summed E-state index contributed by atoms with van der Waals surface area (Å²) in [6.45, 7) is 10.8. The van der Waals surface area contributed by atoms with Gasteiger partial charge in [0.25, 0.3) is 0 Å². The highest BCUT2D eigenvalue weighted by atomic mass is 16.5. The lowest BCUT2D eigenvalue weighted by atomic mass is 10.0. The molecule has 0 aliphatic carbocycles. The summed E-state index contributed by atoms with van der Waals surface area (Å²) in [6, 6.07) is 1.39. The summed E-state index contributed by atoms with van der Waals surface area (Å²) in [6.07, 6.45) is 1.01. The van der Waals surface area contributed by atoms with E-state index in [1.54, 1.807) is 0 Å². The molecule has 2 saturated heterocycles. The molecule has 94 valence electrons. The van der Waals surface area contributed by atoms with Crippen LogP contribution in [0.5, 0.6) is 0 Å². The maximum Gasteiger partial charge on any atom is 0.0636 e. The van der Waals surface area contributed by atoms with Crippen molar-refractivity contribution in [1.82, 2.24) is 9.80 Å². The van der Waals surface area contributed by atoms with Crippen molar-refractivity contribution in [2.24, 2.45) is 5.73 Å². The van der Waals surface area contributed by atoms with E-state index in [-0.39, 0.29) is 0 Å². The largest absolute Gasteiger partial charge is 0.380 e. The highest BCUT2D eigenvalue weighted by molar-refractivity contribution is 4.89. The van der Waals surface area contributed by atoms with Gasteiger partial charge in [0, 0.05) is 44.4 Å². The summed E-state index contributed by atoms with van der Waals surface area (Å²) < 4.78 is 5.56. The molecule has 0 amide bonds. The summed E-state index contributed by atoms with van der Waals surface area (Å²) in [7, 11) is 0. The van der Waals surface area contributed by atoms with Gasteiger partial charge in [-0.2, -0.15) is 0 Å². The van der Waals surface area contributed by atoms with Gasteiger partial charge in [-0.05, 0) is 19.9 Å². The quantitative estimate of drug-likeness (QED) is 0.728. The highest BCUT2D eigenvalue weighted by Crippen LogP contribution is 2.17. The number of hydrogen-bond acceptors (Lipinski definition) is 4. The summed E-state index contributed by atoms with van der Waals surface area (Å²) in [5.41, 5.74) is 6.19. The van der Waals surface area contributed by atoms with Crippen molar-refractivity contribution in [3.63, 3.8) is 0 Å². The molecule has 2 aliphatic rings. The van der Waals surface area contributed by atoms with E-state index in [0.29, 0.717) is 18.1 Å². The average molecular weight is 227 g/mol. The fourth-order valence-corrected chi connectivity index (χ4v) is 2.91. The maximum atomic E-state index is 6.19. The second kappa shape index (κ2) is 5.45. The molecule has 3 atom stereocenters. The van der Waals surface area contributed by atoms with Gasteiger partial charge in [-0.25, -0.2) is 0 Å². The molecule has 0 spiro atoms. The van der Waals surface area contributed by atoms with Crippen molar-refractivity contribution in [2.75, 3.05) is 39.4 Å². The number of nitrogens with two attached hydrogens (primary N) is 1. The van der Waals surface area contributed by atoms with Gasteiger partial charge in [-0.3, -0.25) is 9.80 Å². The number of nitrogens with zero attached hydrogens (tertiary/aromatic N) is 2. The Labute approximate surface area is 98.7 Å². The molecule has 2 fully saturated rings. The van der Waals surface area contributed by atoms with Crippen molar-refractivity contribution in [3.8, 4) is 0 Å². The third-order valence-electron chi connectivity index (χ3n) is 4.05. The van der Waals surface area contributed by atoms with Crippen LogP contribution in [0, 0.1) is 0 Å². The Morgan fingerprint density at radius 3 is 2.81 bits per heavy atom. The van der Waals surface area contributed by atoms with Crippen LogP contribution in [-0.2, 0) is 4.74 Å². The van der Waals surface area contributed by atoms with E-state index in [4.69, 9.17) is 10.5 Å². The molecule has 0 aromatic heterocycles. The Hall–Kier alpha value is -0.160. The van der Waals surface area contributed by atoms with Crippen molar-refractivity contribution in [3.05, 3.63) is 0 Å². The van der Waals surface area contributed by atoms with Crippen molar-refractivity contribution < 1.29 is 4.74 Å². The summed E-state index contributed by atoms with van der Waals surface area (Å²) in [4.78, 5) is 5.06. The minimum Gasteiger partial charge on any atom is -0.380 e. The molecular weight excluding hydrogens is 202 g/mol. The van der Waals surface area contributed by atoms with E-state index in [0.717, 1.165) is 39.3 Å². The van der Waals surface area contributed by atoms with Gasteiger partial charge in [-0.15, -0.1) is 0 Å². The van der Waals surface area contributed by atoms with Crippen LogP contribution < -0.4 is 5.73 Å². The van der Waals surface area contributed by atoms with Gasteiger partial charge in [-0.1, -0.05) is 6.92 Å². The minimum absolute atomic E-state index is 0.300. The van der Waals surface area contributed by atoms with E-state index in [1.807, 2.05) is 0 Å². The minimum atomic E-state index is 0.300. The number of rotatable bonds is 2. The molecule has 4 heteroatoms. The zero-order valence-electron chi connectivity index (χ0n) is 10.6. The lowest BCUT2D eigenvalue weighted by molar-refractivity contribution is -0.0237. The topological polar surface area (TPSA) is 41.7 Å². The van der Waals surface area contributed by atoms with Crippen molar-refractivity contribution >= 4 is 0 Å². The fraction of sp³-hybridized carbons (Fsp3) is 1.00. The van der Waals surface area contributed by atoms with Crippen molar-refractivity contribution in [1.29, 1.82) is 0 Å². The first-order valence-electron chi connectivity index (χ1n) is 6.53. The number of piperazine rings is 1. The molecule has 2 heterocycles. The van der Waals surface area contributed by atoms with E-state index < -0.39 is 0 Å². The lowest BCUT2D eigenvalue weighted by Gasteiger charge is -2.45. The van der Waals surface area contributed by atoms with Crippen LogP contribution in [0.1, 0.15) is 20.3 Å². The Morgan fingerprint density at radius 1 is 1.38 bits per heavy atom. The van der Waals surface area contributed by atoms with Crippen LogP contribution in [0.25, 0.3) is 0 Å². The molecule has 0 saturated carbocycles. The predicted octanol–water partition coefficient (Wildman–Crippen LogP) is 0.129. The molecular formula is C12H25N3O. The first kappa shape index (κ1) is 12.3. The van der Waals surface area contributed by atoms with Crippen LogP contribution in [-0.4, -0.2) is 67.3 Å². The van der Waals surface area contributed by atoms with Gasteiger partial charge in [0.2, 0.25) is 0 Å². The molecule has 2 aliphatic heterocycles. The number of ether oxygens (including phenoxy) is 1. The van der Waals surface area contributed by atoms with E-state index >= 15 is 0 Å². The fourth-order valence-electron chi connectivity index (χ4n) is 2.91. The second-order valence-electron chi connectivity index (χ2n) is 5.07. The molecule has 0 radical (unpaired) electrons. The molecule has 0 aromatic rings. The zero-order chi connectivity index (χ0) is 11.5. The van der Waals surface area contributed by atoms with E-state index in [2.05, 4.69) is 23.6 Å². The maximum absolute atomic E-state index is 6.19. The van der Waals surface area contributed by atoms with Crippen LogP contribution in [0.3, 0.4) is 0 Å². The van der Waals surface area contributed by atoms with Crippen LogP contribution >= 0.6 is 0 Å². The molecule has 4 nitrogen and oxygen atoms in total. The second-order valence-corrected chi connectivity index (χ2v) is 5.07. The van der Waals surface area contributed by atoms with Gasteiger partial charge in [0.1, 0.15) is 0 Å². The Morgan fingerprint density at radius 2 is 2.19 bits per heavy atom. The van der Waals surface area contributed by atoms with E-state index in [9.17, 15) is 0 Å². The summed E-state index contributed by atoms with van der Waals surface area (Å²) >= 11 is 0. The van der Waals surface area contributed by atoms with Gasteiger partial charge < -0.3 is 10.5 Å². The Balaban J connectivity index is 1.90. The molecule has 2 rings (SSSR count). The summed E-state index contributed by atoms with van der Waals surface area (Å²) in [5, 5.41) is 0.